The molecular formula is C35H48N4O7. The van der Waals surface area contributed by atoms with E-state index in [1.54, 1.807) is 0 Å². The maximum atomic E-state index is 14.2. The summed E-state index contributed by atoms with van der Waals surface area (Å²) in [6.45, 7) is 11.7. The van der Waals surface area contributed by atoms with Crippen LogP contribution in [0.4, 0.5) is 4.79 Å². The zero-order chi connectivity index (χ0) is 33.4. The fourth-order valence-corrected chi connectivity index (χ4v) is 6.80. The number of benzene rings is 1. The molecule has 1 unspecified atom stereocenters. The summed E-state index contributed by atoms with van der Waals surface area (Å²) in [5.41, 5.74) is 1.23. The van der Waals surface area contributed by atoms with Crippen molar-refractivity contribution in [1.29, 1.82) is 0 Å². The normalized spacial score (nSPS) is 27.9. The first-order chi connectivity index (χ1) is 21.7. The van der Waals surface area contributed by atoms with E-state index in [0.29, 0.717) is 12.1 Å². The van der Waals surface area contributed by atoms with Gasteiger partial charge in [-0.15, -0.1) is 0 Å². The van der Waals surface area contributed by atoms with Crippen LogP contribution < -0.4 is 10.6 Å². The molecule has 4 bridgehead atoms. The first-order valence-electron chi connectivity index (χ1n) is 16.6. The van der Waals surface area contributed by atoms with E-state index in [4.69, 9.17) is 9.47 Å². The number of Topliss-reactive ketones (excluding diaryl/α,β-unsaturated/α-hetero) is 1. The maximum absolute atomic E-state index is 14.2. The number of ketones is 1. The van der Waals surface area contributed by atoms with E-state index < -0.39 is 53.5 Å². The molecule has 11 nitrogen and oxygen atoms in total. The Hall–Kier alpha value is -3.89. The van der Waals surface area contributed by atoms with Crippen molar-refractivity contribution >= 4 is 40.6 Å². The van der Waals surface area contributed by atoms with Crippen molar-refractivity contribution in [3.63, 3.8) is 0 Å². The Bertz CT molecular complexity index is 1510. The Morgan fingerprint density at radius 1 is 1.13 bits per heavy atom. The van der Waals surface area contributed by atoms with Crippen LogP contribution in [0.15, 0.2) is 24.3 Å². The second-order valence-electron chi connectivity index (χ2n) is 15.0. The van der Waals surface area contributed by atoms with Crippen LogP contribution in [0.5, 0.6) is 0 Å². The van der Waals surface area contributed by atoms with E-state index in [0.717, 1.165) is 48.6 Å². The summed E-state index contributed by atoms with van der Waals surface area (Å²) in [5, 5.41) is 6.57. The number of hydrogen-bond acceptors (Lipinski definition) is 7. The van der Waals surface area contributed by atoms with Crippen LogP contribution in [0.2, 0.25) is 0 Å². The minimum atomic E-state index is -1.03. The Kier molecular flexibility index (Phi) is 9.52. The van der Waals surface area contributed by atoms with Crippen LogP contribution in [0.25, 0.3) is 10.9 Å². The summed E-state index contributed by atoms with van der Waals surface area (Å²) in [4.78, 5) is 71.3. The van der Waals surface area contributed by atoms with Crippen LogP contribution in [0, 0.1) is 16.7 Å². The number of aromatic nitrogens is 1. The highest BCUT2D eigenvalue weighted by Gasteiger charge is 2.48. The van der Waals surface area contributed by atoms with E-state index in [9.17, 15) is 24.0 Å². The number of aromatic amines is 1. The quantitative estimate of drug-likeness (QED) is 0.415. The van der Waals surface area contributed by atoms with E-state index in [1.807, 2.05) is 59.7 Å². The Morgan fingerprint density at radius 2 is 1.89 bits per heavy atom. The standard InChI is InChI=1S/C35H48N4O7/c1-7-20-15-27(40)28(20)37-30(41)26-16-22-18-39(26)31(42)29(34(2,3)4)38-33(44)45-19-35(5,6)14-9-8-11-21-12-10-13-24-23(21)17-25(36-24)32(43)46-22/h10,12-13,17,20,22,26,28-29,36H,7-9,11,14-16,18-19H2,1-6H3,(H,37,41)(H,38,44)/t20-,22-,26+,28?,29-/m1/s1. The molecule has 5 atom stereocenters. The number of fused-ring (bicyclic) bond motifs is 3. The van der Waals surface area contributed by atoms with Gasteiger partial charge in [0.05, 0.1) is 19.2 Å². The molecule has 46 heavy (non-hydrogen) atoms. The lowest BCUT2D eigenvalue weighted by Gasteiger charge is -2.38. The smallest absolute Gasteiger partial charge is 0.407 e. The number of amides is 3. The van der Waals surface area contributed by atoms with Gasteiger partial charge in [-0.1, -0.05) is 66.5 Å². The van der Waals surface area contributed by atoms with Gasteiger partial charge in [-0.05, 0) is 53.7 Å². The highest BCUT2D eigenvalue weighted by molar-refractivity contribution is 5.98. The number of ether oxygens (including phenoxy) is 2. The molecule has 1 saturated heterocycles. The molecule has 250 valence electrons. The Morgan fingerprint density at radius 3 is 2.59 bits per heavy atom. The lowest BCUT2D eigenvalue weighted by atomic mass is 9.76. The van der Waals surface area contributed by atoms with E-state index in [-0.39, 0.29) is 36.7 Å². The summed E-state index contributed by atoms with van der Waals surface area (Å²) in [5.74, 6) is -1.54. The van der Waals surface area contributed by atoms with Gasteiger partial charge in [0, 0.05) is 23.7 Å². The van der Waals surface area contributed by atoms with Crippen molar-refractivity contribution in [3.8, 4) is 0 Å². The molecule has 1 saturated carbocycles. The van der Waals surface area contributed by atoms with Gasteiger partial charge < -0.3 is 30.0 Å². The minimum absolute atomic E-state index is 0.0407. The molecule has 1 aliphatic carbocycles. The van der Waals surface area contributed by atoms with Crippen molar-refractivity contribution in [2.45, 2.75) is 111 Å². The number of nitrogens with zero attached hydrogens (tertiary/aromatic N) is 1. The maximum Gasteiger partial charge on any atom is 0.407 e. The third kappa shape index (κ3) is 7.23. The SMILES string of the molecule is CC[C@@H]1CC(=O)C1NC(=O)[C@@H]1C[C@@H]2CN1C(=O)[C@H](C(C)(C)C)NC(=O)OCC(C)(C)CCCCc1cccc3[nH]c(cc13)C(=O)O2. The fraction of sp³-hybridized carbons (Fsp3) is 0.629. The molecule has 2 aliphatic heterocycles. The topological polar surface area (TPSA) is 147 Å². The summed E-state index contributed by atoms with van der Waals surface area (Å²) in [6.07, 6.45) is 3.22. The zero-order valence-electron chi connectivity index (χ0n) is 27.9. The number of nitrogens with one attached hydrogen (secondary N) is 3. The Balaban J connectivity index is 1.46. The largest absolute Gasteiger partial charge is 0.456 e. The number of alkyl carbamates (subject to hydrolysis) is 1. The molecule has 1 aromatic heterocycles. The van der Waals surface area contributed by atoms with Gasteiger partial charge in [0.1, 0.15) is 23.9 Å². The highest BCUT2D eigenvalue weighted by atomic mass is 16.6. The van der Waals surface area contributed by atoms with Gasteiger partial charge in [0.25, 0.3) is 0 Å². The first-order valence-corrected chi connectivity index (χ1v) is 16.6. The summed E-state index contributed by atoms with van der Waals surface area (Å²) >= 11 is 0. The van der Waals surface area contributed by atoms with Gasteiger partial charge in [-0.25, -0.2) is 9.59 Å². The summed E-state index contributed by atoms with van der Waals surface area (Å²) in [7, 11) is 0. The molecule has 5 rings (SSSR count). The minimum Gasteiger partial charge on any atom is -0.456 e. The molecule has 2 aromatic rings. The number of aryl methyl sites for hydroxylation is 1. The molecule has 3 aliphatic rings. The third-order valence-corrected chi connectivity index (χ3v) is 9.72. The van der Waals surface area contributed by atoms with Gasteiger partial charge in [0.2, 0.25) is 11.8 Å². The van der Waals surface area contributed by atoms with Gasteiger partial charge in [-0.3, -0.25) is 14.4 Å². The number of carbonyl (C=O) groups excluding carboxylic acids is 5. The fourth-order valence-electron chi connectivity index (χ4n) is 6.80. The number of hydrogen-bond donors (Lipinski definition) is 3. The van der Waals surface area contributed by atoms with Gasteiger partial charge in [0.15, 0.2) is 5.78 Å². The number of rotatable bonds is 3. The van der Waals surface area contributed by atoms with E-state index in [1.165, 1.54) is 4.90 Å². The van der Waals surface area contributed by atoms with Crippen molar-refractivity contribution in [3.05, 3.63) is 35.5 Å². The predicted molar refractivity (Wildman–Crippen MR) is 172 cm³/mol. The lowest BCUT2D eigenvalue weighted by Crippen LogP contribution is -2.61. The van der Waals surface area contributed by atoms with Crippen molar-refractivity contribution in [1.82, 2.24) is 20.5 Å². The molecule has 3 amide bonds. The Labute approximate surface area is 270 Å². The van der Waals surface area contributed by atoms with Crippen LogP contribution in [0.1, 0.15) is 96.1 Å². The first kappa shape index (κ1) is 33.5. The number of esters is 1. The van der Waals surface area contributed by atoms with Crippen molar-refractivity contribution in [2.75, 3.05) is 13.2 Å². The van der Waals surface area contributed by atoms with Crippen LogP contribution in [-0.4, -0.2) is 76.9 Å². The second-order valence-corrected chi connectivity index (χ2v) is 15.0. The molecular weight excluding hydrogens is 588 g/mol. The van der Waals surface area contributed by atoms with E-state index in [2.05, 4.69) is 21.7 Å². The number of carbonyl (C=O) groups is 5. The van der Waals surface area contributed by atoms with Crippen molar-refractivity contribution in [2.24, 2.45) is 16.7 Å². The molecule has 2 fully saturated rings. The molecule has 1 aromatic carbocycles. The zero-order valence-corrected chi connectivity index (χ0v) is 27.9. The second kappa shape index (κ2) is 13.1. The lowest BCUT2D eigenvalue weighted by molar-refractivity contribution is -0.144. The molecule has 0 spiro atoms. The average molecular weight is 637 g/mol. The monoisotopic (exact) mass is 636 g/mol. The summed E-state index contributed by atoms with van der Waals surface area (Å²) in [6, 6.07) is 5.11. The number of H-pyrrole nitrogens is 1. The van der Waals surface area contributed by atoms with E-state index >= 15 is 0 Å². The molecule has 11 heteroatoms. The molecule has 3 N–H and O–H groups in total. The van der Waals surface area contributed by atoms with Gasteiger partial charge >= 0.3 is 12.1 Å². The average Bonchev–Trinajstić information content (AvgIpc) is 3.62. The van der Waals surface area contributed by atoms with Crippen LogP contribution >= 0.6 is 0 Å². The summed E-state index contributed by atoms with van der Waals surface area (Å²) < 4.78 is 11.6. The van der Waals surface area contributed by atoms with Crippen LogP contribution in [0.3, 0.4) is 0 Å². The highest BCUT2D eigenvalue weighted by Crippen LogP contribution is 2.32. The third-order valence-electron chi connectivity index (χ3n) is 9.72. The van der Waals surface area contributed by atoms with Gasteiger partial charge in [-0.2, -0.15) is 0 Å². The molecule has 0 radical (unpaired) electrons. The molecule has 3 heterocycles. The number of cyclic esters (lactones) is 1. The van der Waals surface area contributed by atoms with Crippen molar-refractivity contribution < 1.29 is 33.4 Å². The van der Waals surface area contributed by atoms with Crippen LogP contribution in [-0.2, 0) is 30.3 Å². The predicted octanol–water partition coefficient (Wildman–Crippen LogP) is 4.67.